The Kier molecular flexibility index (Phi) is 6.89. The number of hydrogen-bond acceptors (Lipinski definition) is 4. The number of alkyl halides is 2. The first-order valence-corrected chi connectivity index (χ1v) is 8.75. The number of likely N-dealkylation sites (N-methyl/N-ethyl adjacent to an activating group) is 1. The molecule has 1 N–H and O–H groups in total. The lowest BCUT2D eigenvalue weighted by Gasteiger charge is -2.18. The molecule has 25 heavy (non-hydrogen) atoms. The lowest BCUT2D eigenvalue weighted by atomic mass is 10.2. The summed E-state index contributed by atoms with van der Waals surface area (Å²) >= 11 is 3.51. The molecule has 2 aromatic rings. The Morgan fingerprint density at radius 3 is 2.68 bits per heavy atom. The molecule has 0 unspecified atom stereocenters. The molecule has 0 bridgehead atoms. The molecule has 1 aromatic carbocycles. The lowest BCUT2D eigenvalue weighted by Crippen LogP contribution is -2.35. The number of carbonyl (C=O) groups is 2. The van der Waals surface area contributed by atoms with E-state index in [0.29, 0.717) is 10.2 Å². The van der Waals surface area contributed by atoms with E-state index in [2.05, 4.69) is 26.2 Å². The van der Waals surface area contributed by atoms with Gasteiger partial charge in [0.15, 0.2) is 0 Å². The third-order valence-corrected chi connectivity index (χ3v) is 4.50. The van der Waals surface area contributed by atoms with Gasteiger partial charge in [0.25, 0.3) is 11.7 Å². The third kappa shape index (κ3) is 5.50. The monoisotopic (exact) mass is 429 g/mol. The van der Waals surface area contributed by atoms with Crippen LogP contribution >= 0.6 is 27.7 Å². The summed E-state index contributed by atoms with van der Waals surface area (Å²) in [7, 11) is 1.42. The Balaban J connectivity index is 2.05. The number of benzene rings is 1. The quantitative estimate of drug-likeness (QED) is 0.707. The van der Waals surface area contributed by atoms with Crippen LogP contribution in [-0.2, 0) is 4.79 Å². The molecule has 0 aliphatic heterocycles. The summed E-state index contributed by atoms with van der Waals surface area (Å²) in [6, 6.07) is 9.94. The molecular weight excluding hydrogens is 416 g/mol. The molecule has 0 saturated heterocycles. The summed E-state index contributed by atoms with van der Waals surface area (Å²) in [5.41, 5.74) is 0.604. The highest BCUT2D eigenvalue weighted by Crippen LogP contribution is 2.27. The van der Waals surface area contributed by atoms with Gasteiger partial charge in [0, 0.05) is 17.7 Å². The van der Waals surface area contributed by atoms with Crippen LogP contribution in [0.1, 0.15) is 10.4 Å². The number of para-hydroxylation sites is 1. The van der Waals surface area contributed by atoms with Gasteiger partial charge in [-0.05, 0) is 52.0 Å². The van der Waals surface area contributed by atoms with Crippen molar-refractivity contribution < 1.29 is 18.4 Å². The van der Waals surface area contributed by atoms with Crippen LogP contribution in [0, 0.1) is 0 Å². The predicted molar refractivity (Wildman–Crippen MR) is 95.8 cm³/mol. The van der Waals surface area contributed by atoms with Gasteiger partial charge in [-0.3, -0.25) is 9.59 Å². The normalized spacial score (nSPS) is 10.6. The van der Waals surface area contributed by atoms with Crippen molar-refractivity contribution in [2.45, 2.75) is 10.8 Å². The Morgan fingerprint density at radius 2 is 2.00 bits per heavy atom. The maximum absolute atomic E-state index is 12.6. The first-order chi connectivity index (χ1) is 11.9. The summed E-state index contributed by atoms with van der Waals surface area (Å²) in [6.07, 6.45) is 1.33. The number of hydrogen-bond donors (Lipinski definition) is 1. The molecular formula is C16H14BrF2N3O2S. The number of rotatable bonds is 6. The van der Waals surface area contributed by atoms with Gasteiger partial charge in [-0.25, -0.2) is 4.98 Å². The predicted octanol–water partition coefficient (Wildman–Crippen LogP) is 3.87. The summed E-state index contributed by atoms with van der Waals surface area (Å²) in [4.78, 5) is 29.5. The largest absolute Gasteiger partial charge is 0.332 e. The minimum atomic E-state index is -2.69. The molecule has 5 nitrogen and oxygen atoms in total. The average Bonchev–Trinajstić information content (AvgIpc) is 2.56. The first-order valence-electron chi connectivity index (χ1n) is 7.08. The minimum Gasteiger partial charge on any atom is -0.332 e. The molecule has 0 spiro atoms. The molecule has 9 heteroatoms. The van der Waals surface area contributed by atoms with Crippen LogP contribution in [0.15, 0.2) is 52.1 Å². The fraction of sp³-hybridized carbons (Fsp3) is 0.188. The molecule has 132 valence electrons. The molecule has 2 amide bonds. The van der Waals surface area contributed by atoms with E-state index in [9.17, 15) is 18.4 Å². The summed E-state index contributed by atoms with van der Waals surface area (Å²) < 4.78 is 25.9. The van der Waals surface area contributed by atoms with Crippen LogP contribution in [-0.4, -0.2) is 41.0 Å². The van der Waals surface area contributed by atoms with Crippen molar-refractivity contribution in [3.63, 3.8) is 0 Å². The number of amides is 2. The number of anilines is 1. The second-order valence-corrected chi connectivity index (χ2v) is 6.76. The number of thioether (sulfide) groups is 1. The molecule has 2 rings (SSSR count). The highest BCUT2D eigenvalue weighted by atomic mass is 79.9. The lowest BCUT2D eigenvalue weighted by molar-refractivity contribution is -0.116. The Labute approximate surface area is 155 Å². The van der Waals surface area contributed by atoms with E-state index in [1.165, 1.54) is 25.4 Å². The van der Waals surface area contributed by atoms with Crippen molar-refractivity contribution in [2.75, 3.05) is 18.9 Å². The fourth-order valence-corrected chi connectivity index (χ4v) is 2.93. The molecule has 0 atom stereocenters. The van der Waals surface area contributed by atoms with E-state index < -0.39 is 17.6 Å². The van der Waals surface area contributed by atoms with Crippen molar-refractivity contribution in [2.24, 2.45) is 0 Å². The summed E-state index contributed by atoms with van der Waals surface area (Å²) in [5, 5.41) is 2.60. The molecule has 1 heterocycles. The molecule has 0 saturated carbocycles. The second kappa shape index (κ2) is 8.91. The zero-order valence-corrected chi connectivity index (χ0v) is 15.5. The Bertz CT molecular complexity index is 777. The number of carbonyl (C=O) groups excluding carboxylic acids is 2. The maximum Gasteiger partial charge on any atom is 0.290 e. The SMILES string of the molecule is CN(CC(=O)Nc1ccccc1Br)C(=O)c1cccnc1SC(F)F. The zero-order chi connectivity index (χ0) is 18.4. The molecule has 0 aliphatic rings. The third-order valence-electron chi connectivity index (χ3n) is 3.08. The van der Waals surface area contributed by atoms with Crippen molar-refractivity contribution in [1.29, 1.82) is 0 Å². The van der Waals surface area contributed by atoms with E-state index in [1.807, 2.05) is 0 Å². The number of aromatic nitrogens is 1. The van der Waals surface area contributed by atoms with E-state index in [1.54, 1.807) is 24.3 Å². The zero-order valence-electron chi connectivity index (χ0n) is 13.1. The number of nitrogens with zero attached hydrogens (tertiary/aromatic N) is 2. The van der Waals surface area contributed by atoms with Crippen molar-refractivity contribution in [3.05, 3.63) is 52.6 Å². The number of halogens is 3. The molecule has 0 aliphatic carbocycles. The molecule has 1 aromatic heterocycles. The van der Waals surface area contributed by atoms with Crippen molar-refractivity contribution in [1.82, 2.24) is 9.88 Å². The topological polar surface area (TPSA) is 62.3 Å². The van der Waals surface area contributed by atoms with Crippen LogP contribution in [0.25, 0.3) is 0 Å². The van der Waals surface area contributed by atoms with Crippen LogP contribution in [0.4, 0.5) is 14.5 Å². The standard InChI is InChI=1S/C16H14BrF2N3O2S/c1-22(9-13(23)21-12-7-3-2-6-11(12)17)15(24)10-5-4-8-20-14(10)25-16(18)19/h2-8,16H,9H2,1H3,(H,21,23). The summed E-state index contributed by atoms with van der Waals surface area (Å²) in [6.45, 7) is -0.228. The van der Waals surface area contributed by atoms with Gasteiger partial charge in [-0.15, -0.1) is 0 Å². The summed E-state index contributed by atoms with van der Waals surface area (Å²) in [5.74, 6) is -3.65. The average molecular weight is 430 g/mol. The van der Waals surface area contributed by atoms with Gasteiger partial charge in [0.2, 0.25) is 5.91 Å². The van der Waals surface area contributed by atoms with Crippen LogP contribution in [0.5, 0.6) is 0 Å². The van der Waals surface area contributed by atoms with Gasteiger partial charge < -0.3 is 10.2 Å². The van der Waals surface area contributed by atoms with E-state index in [-0.39, 0.29) is 28.9 Å². The van der Waals surface area contributed by atoms with Crippen LogP contribution in [0.3, 0.4) is 0 Å². The van der Waals surface area contributed by atoms with Gasteiger partial charge >= 0.3 is 0 Å². The highest BCUT2D eigenvalue weighted by Gasteiger charge is 2.21. The number of nitrogens with one attached hydrogen (secondary N) is 1. The highest BCUT2D eigenvalue weighted by molar-refractivity contribution is 9.10. The smallest absolute Gasteiger partial charge is 0.290 e. The maximum atomic E-state index is 12.6. The second-order valence-electron chi connectivity index (χ2n) is 4.92. The van der Waals surface area contributed by atoms with E-state index in [4.69, 9.17) is 0 Å². The molecule has 0 fully saturated rings. The van der Waals surface area contributed by atoms with Crippen molar-refractivity contribution >= 4 is 45.2 Å². The molecule has 0 radical (unpaired) electrons. The van der Waals surface area contributed by atoms with Crippen molar-refractivity contribution in [3.8, 4) is 0 Å². The first kappa shape index (κ1) is 19.3. The Morgan fingerprint density at radius 1 is 1.28 bits per heavy atom. The number of pyridine rings is 1. The Hall–Kier alpha value is -2.00. The van der Waals surface area contributed by atoms with E-state index in [0.717, 1.165) is 4.90 Å². The van der Waals surface area contributed by atoms with Gasteiger partial charge in [0.05, 0.1) is 17.8 Å². The van der Waals surface area contributed by atoms with Crippen LogP contribution < -0.4 is 5.32 Å². The van der Waals surface area contributed by atoms with E-state index >= 15 is 0 Å². The van der Waals surface area contributed by atoms with Crippen LogP contribution in [0.2, 0.25) is 0 Å². The minimum absolute atomic E-state index is 0.0315. The van der Waals surface area contributed by atoms with Gasteiger partial charge in [0.1, 0.15) is 5.03 Å². The van der Waals surface area contributed by atoms with Gasteiger partial charge in [-0.1, -0.05) is 12.1 Å². The fourth-order valence-electron chi connectivity index (χ4n) is 1.98. The van der Waals surface area contributed by atoms with Gasteiger partial charge in [-0.2, -0.15) is 8.78 Å².